The number of hydrogen-bond donors (Lipinski definition) is 3. The van der Waals surface area contributed by atoms with E-state index in [1.807, 2.05) is 20.8 Å². The quantitative estimate of drug-likeness (QED) is 0.729. The second-order valence-electron chi connectivity index (χ2n) is 5.25. The molecule has 1 unspecified atom stereocenters. The van der Waals surface area contributed by atoms with Crippen LogP contribution < -0.4 is 10.6 Å². The average molecular weight is 313 g/mol. The largest absolute Gasteiger partial charge is 0.396 e. The zero-order valence-electron chi connectivity index (χ0n) is 12.4. The summed E-state index contributed by atoms with van der Waals surface area (Å²) >= 11 is 5.87. The van der Waals surface area contributed by atoms with Crippen LogP contribution in [0.4, 0.5) is 5.69 Å². The van der Waals surface area contributed by atoms with E-state index in [1.165, 1.54) is 0 Å². The van der Waals surface area contributed by atoms with E-state index in [1.54, 1.807) is 18.2 Å². The van der Waals surface area contributed by atoms with Gasteiger partial charge in [0, 0.05) is 23.4 Å². The summed E-state index contributed by atoms with van der Waals surface area (Å²) < 4.78 is 0. The van der Waals surface area contributed by atoms with Crippen LogP contribution in [0.15, 0.2) is 18.2 Å². The maximum atomic E-state index is 11.9. The molecular formula is C15H21ClN2O3. The van der Waals surface area contributed by atoms with E-state index in [2.05, 4.69) is 10.6 Å². The summed E-state index contributed by atoms with van der Waals surface area (Å²) in [6, 6.07) is 4.82. The molecule has 1 atom stereocenters. The third-order valence-electron chi connectivity index (χ3n) is 3.22. The van der Waals surface area contributed by atoms with Crippen molar-refractivity contribution in [1.29, 1.82) is 0 Å². The minimum Gasteiger partial charge on any atom is -0.396 e. The van der Waals surface area contributed by atoms with Crippen LogP contribution >= 0.6 is 11.6 Å². The Hall–Kier alpha value is -1.59. The van der Waals surface area contributed by atoms with Crippen LogP contribution in [0.1, 0.15) is 25.8 Å². The van der Waals surface area contributed by atoms with Crippen molar-refractivity contribution in [3.8, 4) is 0 Å². The number of carbonyl (C=O) groups is 2. The van der Waals surface area contributed by atoms with E-state index in [0.29, 0.717) is 17.1 Å². The Balaban J connectivity index is 2.70. The maximum Gasteiger partial charge on any atom is 0.313 e. The number of aryl methyl sites for hydroxylation is 1. The predicted molar refractivity (Wildman–Crippen MR) is 83.3 cm³/mol. The van der Waals surface area contributed by atoms with Crippen LogP contribution in [-0.4, -0.2) is 29.6 Å². The van der Waals surface area contributed by atoms with Crippen LogP contribution in [-0.2, 0) is 9.59 Å². The molecule has 3 N–H and O–H groups in total. The second kappa shape index (κ2) is 8.00. The molecule has 6 heteroatoms. The van der Waals surface area contributed by atoms with Gasteiger partial charge in [0.05, 0.1) is 0 Å². The fourth-order valence-electron chi connectivity index (χ4n) is 1.85. The first-order valence-corrected chi connectivity index (χ1v) is 7.21. The fraction of sp³-hybridized carbons (Fsp3) is 0.467. The number of anilines is 1. The van der Waals surface area contributed by atoms with Crippen molar-refractivity contribution >= 4 is 29.1 Å². The summed E-state index contributed by atoms with van der Waals surface area (Å²) in [5.41, 5.74) is 1.32. The summed E-state index contributed by atoms with van der Waals surface area (Å²) in [6.45, 7) is 5.60. The van der Waals surface area contributed by atoms with E-state index in [4.69, 9.17) is 16.7 Å². The van der Waals surface area contributed by atoms with Crippen molar-refractivity contribution in [3.63, 3.8) is 0 Å². The van der Waals surface area contributed by atoms with E-state index in [9.17, 15) is 9.59 Å². The van der Waals surface area contributed by atoms with Gasteiger partial charge in [0.1, 0.15) is 0 Å². The molecule has 0 saturated carbocycles. The molecule has 0 radical (unpaired) electrons. The van der Waals surface area contributed by atoms with Gasteiger partial charge in [-0.25, -0.2) is 0 Å². The topological polar surface area (TPSA) is 78.4 Å². The first kappa shape index (κ1) is 17.5. The molecule has 0 spiro atoms. The molecule has 0 aliphatic rings. The molecule has 1 rings (SSSR count). The smallest absolute Gasteiger partial charge is 0.313 e. The molecule has 0 heterocycles. The van der Waals surface area contributed by atoms with Crippen molar-refractivity contribution < 1.29 is 14.7 Å². The standard InChI is InChI=1S/C15H21ClN2O3/c1-9(2)12(6-7-19)17-14(20)15(21)18-13-8-11(16)5-4-10(13)3/h4-5,8-9,12,19H,6-7H2,1-3H3,(H,17,20)(H,18,21). The van der Waals surface area contributed by atoms with E-state index in [0.717, 1.165) is 5.56 Å². The first-order chi connectivity index (χ1) is 9.85. The first-order valence-electron chi connectivity index (χ1n) is 6.84. The molecule has 0 bridgehead atoms. The Morgan fingerprint density at radius 2 is 1.95 bits per heavy atom. The summed E-state index contributed by atoms with van der Waals surface area (Å²) in [5.74, 6) is -1.34. The van der Waals surface area contributed by atoms with E-state index >= 15 is 0 Å². The lowest BCUT2D eigenvalue weighted by atomic mass is 10.0. The molecule has 0 saturated heterocycles. The number of hydrogen-bond acceptors (Lipinski definition) is 3. The lowest BCUT2D eigenvalue weighted by Gasteiger charge is -2.21. The lowest BCUT2D eigenvalue weighted by Crippen LogP contribution is -2.44. The van der Waals surface area contributed by atoms with Gasteiger partial charge >= 0.3 is 11.8 Å². The highest BCUT2D eigenvalue weighted by atomic mass is 35.5. The SMILES string of the molecule is Cc1ccc(Cl)cc1NC(=O)C(=O)NC(CCO)C(C)C. The van der Waals surface area contributed by atoms with E-state index in [-0.39, 0.29) is 18.6 Å². The minimum absolute atomic E-state index is 0.0435. The highest BCUT2D eigenvalue weighted by Gasteiger charge is 2.21. The number of benzene rings is 1. The molecule has 2 amide bonds. The number of aliphatic hydroxyl groups excluding tert-OH is 1. The molecule has 1 aromatic rings. The Kier molecular flexibility index (Phi) is 6.65. The maximum absolute atomic E-state index is 11.9. The molecule has 5 nitrogen and oxygen atoms in total. The zero-order valence-corrected chi connectivity index (χ0v) is 13.2. The van der Waals surface area contributed by atoms with Gasteiger partial charge in [-0.3, -0.25) is 9.59 Å². The van der Waals surface area contributed by atoms with Crippen molar-refractivity contribution in [3.05, 3.63) is 28.8 Å². The monoisotopic (exact) mass is 312 g/mol. The molecule has 0 aliphatic carbocycles. The zero-order chi connectivity index (χ0) is 16.0. The Morgan fingerprint density at radius 1 is 1.29 bits per heavy atom. The molecule has 0 aromatic heterocycles. The Bertz CT molecular complexity index is 518. The Morgan fingerprint density at radius 3 is 2.52 bits per heavy atom. The van der Waals surface area contributed by atoms with Gasteiger partial charge in [-0.15, -0.1) is 0 Å². The molecule has 0 aliphatic heterocycles. The van der Waals surface area contributed by atoms with Crippen molar-refractivity contribution in [2.24, 2.45) is 5.92 Å². The van der Waals surface area contributed by atoms with Crippen LogP contribution in [0.25, 0.3) is 0 Å². The Labute approximate surface area is 129 Å². The summed E-state index contributed by atoms with van der Waals surface area (Å²) in [7, 11) is 0. The molecular weight excluding hydrogens is 292 g/mol. The van der Waals surface area contributed by atoms with Crippen molar-refractivity contribution in [2.75, 3.05) is 11.9 Å². The number of nitrogens with one attached hydrogen (secondary N) is 2. The lowest BCUT2D eigenvalue weighted by molar-refractivity contribution is -0.136. The van der Waals surface area contributed by atoms with Crippen LogP contribution in [0.2, 0.25) is 5.02 Å². The van der Waals surface area contributed by atoms with Crippen LogP contribution in [0.5, 0.6) is 0 Å². The summed E-state index contributed by atoms with van der Waals surface area (Å²) in [6.07, 6.45) is 0.410. The summed E-state index contributed by atoms with van der Waals surface area (Å²) in [5, 5.41) is 14.6. The molecule has 21 heavy (non-hydrogen) atoms. The second-order valence-corrected chi connectivity index (χ2v) is 5.69. The molecule has 116 valence electrons. The number of rotatable bonds is 5. The molecule has 0 fully saturated rings. The van der Waals surface area contributed by atoms with Gasteiger partial charge in [-0.2, -0.15) is 0 Å². The fourth-order valence-corrected chi connectivity index (χ4v) is 2.03. The number of halogens is 1. The van der Waals surface area contributed by atoms with Crippen LogP contribution in [0, 0.1) is 12.8 Å². The predicted octanol–water partition coefficient (Wildman–Crippen LogP) is 2.11. The number of carbonyl (C=O) groups excluding carboxylic acids is 2. The third kappa shape index (κ3) is 5.36. The number of amides is 2. The van der Waals surface area contributed by atoms with E-state index < -0.39 is 11.8 Å². The number of aliphatic hydroxyl groups is 1. The van der Waals surface area contributed by atoms with Crippen LogP contribution in [0.3, 0.4) is 0 Å². The molecule has 1 aromatic carbocycles. The van der Waals surface area contributed by atoms with Gasteiger partial charge in [0.15, 0.2) is 0 Å². The van der Waals surface area contributed by atoms with Crippen molar-refractivity contribution in [1.82, 2.24) is 5.32 Å². The normalized spacial score (nSPS) is 12.1. The summed E-state index contributed by atoms with van der Waals surface area (Å²) in [4.78, 5) is 23.8. The average Bonchev–Trinajstić information content (AvgIpc) is 2.42. The highest BCUT2D eigenvalue weighted by Crippen LogP contribution is 2.20. The van der Waals surface area contributed by atoms with Gasteiger partial charge < -0.3 is 15.7 Å². The highest BCUT2D eigenvalue weighted by molar-refractivity contribution is 6.40. The van der Waals surface area contributed by atoms with Gasteiger partial charge in [-0.05, 0) is 37.0 Å². The third-order valence-corrected chi connectivity index (χ3v) is 3.45. The van der Waals surface area contributed by atoms with Gasteiger partial charge in [0.2, 0.25) is 0 Å². The van der Waals surface area contributed by atoms with Gasteiger partial charge in [-0.1, -0.05) is 31.5 Å². The van der Waals surface area contributed by atoms with Crippen molar-refractivity contribution in [2.45, 2.75) is 33.2 Å². The minimum atomic E-state index is -0.746. The van der Waals surface area contributed by atoms with Gasteiger partial charge in [0.25, 0.3) is 0 Å².